The normalized spacial score (nSPS) is 21.7. The van der Waals surface area contributed by atoms with Crippen LogP contribution in [0, 0.1) is 11.3 Å². The predicted octanol–water partition coefficient (Wildman–Crippen LogP) is 9.99. The highest BCUT2D eigenvalue weighted by molar-refractivity contribution is 7.90. The van der Waals surface area contributed by atoms with Gasteiger partial charge in [0.2, 0.25) is 0 Å². The zero-order chi connectivity index (χ0) is 52.1. The summed E-state index contributed by atoms with van der Waals surface area (Å²) in [5.41, 5.74) is 11.8. The number of nitrogens with two attached hydrogens (primary N) is 1. The van der Waals surface area contributed by atoms with Crippen LogP contribution in [0.5, 0.6) is 17.2 Å². The van der Waals surface area contributed by atoms with Crippen molar-refractivity contribution in [1.29, 1.82) is 0 Å². The van der Waals surface area contributed by atoms with Crippen molar-refractivity contribution >= 4 is 55.1 Å². The van der Waals surface area contributed by atoms with E-state index in [2.05, 4.69) is 97.1 Å². The van der Waals surface area contributed by atoms with Gasteiger partial charge < -0.3 is 39.9 Å². The van der Waals surface area contributed by atoms with Crippen LogP contribution in [0.1, 0.15) is 111 Å². The van der Waals surface area contributed by atoms with Crippen molar-refractivity contribution in [3.05, 3.63) is 126 Å². The second-order valence-electron chi connectivity index (χ2n) is 22.2. The second-order valence-corrected chi connectivity index (χ2v) is 23.8. The Kier molecular flexibility index (Phi) is 13.8. The van der Waals surface area contributed by atoms with Crippen molar-refractivity contribution in [1.82, 2.24) is 29.5 Å². The van der Waals surface area contributed by atoms with E-state index in [1.54, 1.807) is 31.6 Å². The number of furan rings is 1. The number of anilines is 3. The molecule has 1 amide bonds. The van der Waals surface area contributed by atoms with Gasteiger partial charge in [0, 0.05) is 87.1 Å². The number of benzene rings is 3. The van der Waals surface area contributed by atoms with E-state index < -0.39 is 21.5 Å². The Bertz CT molecular complexity index is 3290. The molecule has 0 bridgehead atoms. The summed E-state index contributed by atoms with van der Waals surface area (Å²) in [6, 6.07) is 26.6. The zero-order valence-corrected chi connectivity index (χ0v) is 44.2. The Morgan fingerprint density at radius 3 is 2.48 bits per heavy atom. The second kappa shape index (κ2) is 20.5. The summed E-state index contributed by atoms with van der Waals surface area (Å²) in [6.45, 7) is 12.5. The van der Waals surface area contributed by atoms with Crippen LogP contribution in [-0.4, -0.2) is 102 Å². The lowest BCUT2D eigenvalue weighted by Gasteiger charge is -2.58. The number of carbonyl (C=O) groups is 1. The number of fused-ring (bicyclic) bond motifs is 2. The molecule has 17 heteroatoms. The summed E-state index contributed by atoms with van der Waals surface area (Å²) < 4.78 is 48.5. The number of carbonyl (C=O) groups excluding carboxylic acids is 1. The van der Waals surface area contributed by atoms with Gasteiger partial charge >= 0.3 is 0 Å². The lowest BCUT2D eigenvalue weighted by Crippen LogP contribution is -2.60. The SMILES string of the molecule is COc1ccc(CN2CCN(C3CC4(CCN(c5cc(Oc6cnc7[nH]ccc7c6)c(C(=O)NS(=O)(=O)c6cc(N)c(NC[C@H]7CC[C@](C)(O)CC7)c7occc67)cn5)CC4)C3)[C@H](c3ccccc3C(C)C)C2)cc1. The summed E-state index contributed by atoms with van der Waals surface area (Å²) in [5.74, 6) is 1.84. The summed E-state index contributed by atoms with van der Waals surface area (Å²) in [4.78, 5) is 34.1. The minimum Gasteiger partial charge on any atom is -0.497 e. The van der Waals surface area contributed by atoms with E-state index in [1.165, 1.54) is 35.2 Å². The van der Waals surface area contributed by atoms with E-state index in [9.17, 15) is 18.3 Å². The molecule has 1 atom stereocenters. The number of pyridine rings is 2. The first kappa shape index (κ1) is 50.5. The summed E-state index contributed by atoms with van der Waals surface area (Å²) >= 11 is 0. The maximum atomic E-state index is 14.3. The molecule has 4 aromatic heterocycles. The van der Waals surface area contributed by atoms with E-state index in [-0.39, 0.29) is 38.3 Å². The highest BCUT2D eigenvalue weighted by Crippen LogP contribution is 2.53. The number of hydrogen-bond donors (Lipinski definition) is 5. The number of methoxy groups -OCH3 is 1. The van der Waals surface area contributed by atoms with Crippen molar-refractivity contribution in [3.8, 4) is 17.2 Å². The molecule has 75 heavy (non-hydrogen) atoms. The minimum absolute atomic E-state index is 0.0642. The minimum atomic E-state index is -4.51. The largest absolute Gasteiger partial charge is 0.497 e. The smallest absolute Gasteiger partial charge is 0.270 e. The maximum absolute atomic E-state index is 14.3. The molecule has 1 spiro atoms. The van der Waals surface area contributed by atoms with Crippen LogP contribution in [0.2, 0.25) is 0 Å². The molecular weight excluding hydrogens is 967 g/mol. The van der Waals surface area contributed by atoms with Crippen LogP contribution in [0.25, 0.3) is 22.0 Å². The van der Waals surface area contributed by atoms with Gasteiger partial charge in [-0.2, -0.15) is 0 Å². The number of aliphatic hydroxyl groups is 1. The number of rotatable bonds is 15. The van der Waals surface area contributed by atoms with Gasteiger partial charge in [-0.15, -0.1) is 0 Å². The van der Waals surface area contributed by atoms with Gasteiger partial charge in [-0.05, 0) is 129 Å². The first-order valence-corrected chi connectivity index (χ1v) is 28.0. The molecule has 4 fully saturated rings. The Morgan fingerprint density at radius 1 is 0.947 bits per heavy atom. The molecule has 0 radical (unpaired) electrons. The third kappa shape index (κ3) is 10.5. The van der Waals surface area contributed by atoms with Gasteiger partial charge in [-0.25, -0.2) is 23.1 Å². The highest BCUT2D eigenvalue weighted by atomic mass is 32.2. The maximum Gasteiger partial charge on any atom is 0.270 e. The first-order chi connectivity index (χ1) is 36.1. The van der Waals surface area contributed by atoms with Crippen LogP contribution in [0.4, 0.5) is 17.2 Å². The summed E-state index contributed by atoms with van der Waals surface area (Å²) in [6.07, 6.45) is 13.5. The van der Waals surface area contributed by atoms with Gasteiger partial charge in [0.25, 0.3) is 15.9 Å². The highest BCUT2D eigenvalue weighted by Gasteiger charge is 2.50. The predicted molar refractivity (Wildman–Crippen MR) is 292 cm³/mol. The number of aromatic amines is 1. The Hall–Kier alpha value is -6.66. The van der Waals surface area contributed by atoms with Gasteiger partial charge in [-0.3, -0.25) is 14.6 Å². The number of amides is 1. The number of H-pyrrole nitrogens is 1. The third-order valence-electron chi connectivity index (χ3n) is 16.7. The van der Waals surface area contributed by atoms with Gasteiger partial charge in [0.05, 0.1) is 30.9 Å². The molecule has 0 unspecified atom stereocenters. The molecule has 7 aromatic rings. The van der Waals surface area contributed by atoms with Crippen molar-refractivity contribution in [2.24, 2.45) is 11.3 Å². The monoisotopic (exact) mass is 1040 g/mol. The average Bonchev–Trinajstić information content (AvgIpc) is 4.09. The molecule has 394 valence electrons. The fourth-order valence-electron chi connectivity index (χ4n) is 12.3. The lowest BCUT2D eigenvalue weighted by molar-refractivity contribution is -0.0628. The van der Waals surface area contributed by atoms with Crippen LogP contribution in [-0.2, 0) is 16.6 Å². The van der Waals surface area contributed by atoms with Crippen molar-refractivity contribution in [3.63, 3.8) is 0 Å². The van der Waals surface area contributed by atoms with Gasteiger partial charge in [0.15, 0.2) is 5.58 Å². The van der Waals surface area contributed by atoms with Gasteiger partial charge in [-0.1, -0.05) is 50.2 Å². The van der Waals surface area contributed by atoms with E-state index in [1.807, 2.05) is 19.1 Å². The fraction of sp³-hybridized carbons (Fsp3) is 0.431. The van der Waals surface area contributed by atoms with E-state index in [0.29, 0.717) is 66.2 Å². The first-order valence-electron chi connectivity index (χ1n) is 26.5. The fourth-order valence-corrected chi connectivity index (χ4v) is 13.5. The summed E-state index contributed by atoms with van der Waals surface area (Å²) in [7, 11) is -2.81. The number of nitrogens with one attached hydrogen (secondary N) is 3. The Labute approximate surface area is 439 Å². The molecule has 3 aromatic carbocycles. The lowest BCUT2D eigenvalue weighted by atomic mass is 9.59. The number of aromatic nitrogens is 3. The molecule has 2 saturated carbocycles. The third-order valence-corrected chi connectivity index (χ3v) is 18.1. The summed E-state index contributed by atoms with van der Waals surface area (Å²) in [5, 5.41) is 14.9. The van der Waals surface area contributed by atoms with E-state index in [4.69, 9.17) is 24.6 Å². The standard InChI is InChI=1S/C58H69N9O7S/c1-37(2)44-7-5-6-8-45(44)49-36-65(35-39-9-11-42(72-4)12-10-39)24-25-67(49)41-30-58(31-41)19-22-66(23-20-58)52-29-50(74-43-27-40-15-21-60-55(40)63-33-43)47(34-61-52)56(68)64-75(70,71)51-28-48(59)53(54-46(51)16-26-73-54)62-32-38-13-17-57(3,69)18-14-38/h5-12,15-16,21,26-29,33-34,37-38,41,49,62,69H,13-14,17-20,22-25,30-32,35-36,59H2,1-4H3,(H,60,63)(H,64,68)/t38-,49-,57-/m0/s1. The topological polar surface area (TPSA) is 204 Å². The number of ether oxygens (including phenoxy) is 2. The molecule has 4 aliphatic rings. The molecule has 6 heterocycles. The molecule has 2 aliphatic carbocycles. The van der Waals surface area contributed by atoms with Gasteiger partial charge in [0.1, 0.15) is 44.9 Å². The van der Waals surface area contributed by atoms with Crippen molar-refractivity contribution in [2.45, 2.75) is 107 Å². The van der Waals surface area contributed by atoms with Crippen LogP contribution >= 0.6 is 0 Å². The number of nitrogen functional groups attached to an aromatic ring is 1. The molecule has 6 N–H and O–H groups in total. The van der Waals surface area contributed by atoms with Crippen LogP contribution in [0.3, 0.4) is 0 Å². The molecule has 2 aliphatic heterocycles. The quantitative estimate of drug-likeness (QED) is 0.0607. The zero-order valence-electron chi connectivity index (χ0n) is 43.3. The number of piperidine rings is 1. The van der Waals surface area contributed by atoms with Crippen molar-refractivity contribution < 1.29 is 32.2 Å². The number of sulfonamides is 1. The Balaban J connectivity index is 0.791. The molecule has 11 rings (SSSR count). The number of hydrogen-bond acceptors (Lipinski definition) is 14. The van der Waals surface area contributed by atoms with E-state index >= 15 is 0 Å². The molecule has 16 nitrogen and oxygen atoms in total. The average molecular weight is 1040 g/mol. The van der Waals surface area contributed by atoms with Crippen LogP contribution < -0.4 is 30.1 Å². The van der Waals surface area contributed by atoms with Crippen molar-refractivity contribution in [2.75, 3.05) is 62.3 Å². The number of piperazine rings is 1. The van der Waals surface area contributed by atoms with E-state index in [0.717, 1.165) is 88.9 Å². The van der Waals surface area contributed by atoms with Crippen LogP contribution in [0.15, 0.2) is 113 Å². The molecular formula is C58H69N9O7S. The molecule has 2 saturated heterocycles. The number of nitrogens with zero attached hydrogens (tertiary/aromatic N) is 5. The Morgan fingerprint density at radius 2 is 1.72 bits per heavy atom.